The number of thioether (sulfide) groups is 1. The fourth-order valence-electron chi connectivity index (χ4n) is 4.57. The summed E-state index contributed by atoms with van der Waals surface area (Å²) in [7, 11) is 1.34. The number of rotatable bonds is 6. The number of para-hydroxylation sites is 1. The first-order valence-corrected chi connectivity index (χ1v) is 13.9. The third kappa shape index (κ3) is 5.35. The first-order chi connectivity index (χ1) is 18.8. The second-order valence-corrected chi connectivity index (χ2v) is 10.8. The van der Waals surface area contributed by atoms with Crippen LogP contribution in [-0.2, 0) is 16.1 Å². The predicted molar refractivity (Wildman–Crippen MR) is 160 cm³/mol. The van der Waals surface area contributed by atoms with Crippen molar-refractivity contribution in [1.29, 1.82) is 0 Å². The number of hydrogen-bond acceptors (Lipinski definition) is 5. The summed E-state index contributed by atoms with van der Waals surface area (Å²) in [6.45, 7) is 5.08. The number of carbonyl (C=O) groups excluding carboxylic acids is 2. The van der Waals surface area contributed by atoms with Crippen LogP contribution in [0.1, 0.15) is 34.1 Å². The highest BCUT2D eigenvalue weighted by Gasteiger charge is 2.33. The van der Waals surface area contributed by atoms with Gasteiger partial charge in [0.25, 0.3) is 5.91 Å². The van der Waals surface area contributed by atoms with Gasteiger partial charge in [-0.3, -0.25) is 9.69 Å². The van der Waals surface area contributed by atoms with Gasteiger partial charge in [-0.05, 0) is 79.7 Å². The summed E-state index contributed by atoms with van der Waals surface area (Å²) in [5, 5.41) is 2.69. The molecule has 1 aliphatic rings. The second-order valence-electron chi connectivity index (χ2n) is 8.94. The van der Waals surface area contributed by atoms with Crippen LogP contribution in [0.15, 0.2) is 76.6 Å². The number of amides is 1. The Morgan fingerprint density at radius 1 is 1.05 bits per heavy atom. The van der Waals surface area contributed by atoms with E-state index in [0.717, 1.165) is 27.7 Å². The Hall–Kier alpha value is -3.52. The van der Waals surface area contributed by atoms with Crippen molar-refractivity contribution in [2.45, 2.75) is 20.4 Å². The molecule has 1 aromatic heterocycles. The van der Waals surface area contributed by atoms with Crippen LogP contribution in [-0.4, -0.2) is 40.2 Å². The minimum Gasteiger partial charge on any atom is -0.465 e. The number of nitrogens with zero attached hydrogens (tertiary/aromatic N) is 3. The Bertz CT molecular complexity index is 1660. The molecule has 0 saturated carbocycles. The summed E-state index contributed by atoms with van der Waals surface area (Å²) < 4.78 is 6.98. The molecule has 3 aromatic carbocycles. The Morgan fingerprint density at radius 3 is 2.49 bits per heavy atom. The van der Waals surface area contributed by atoms with E-state index in [1.165, 1.54) is 18.9 Å². The van der Waals surface area contributed by atoms with Gasteiger partial charge < -0.3 is 9.30 Å². The Kier molecular flexibility index (Phi) is 7.84. The molecule has 0 N–H and O–H groups in total. The van der Waals surface area contributed by atoms with Crippen LogP contribution in [0.25, 0.3) is 17.0 Å². The van der Waals surface area contributed by atoms with Crippen LogP contribution >= 0.6 is 35.0 Å². The Balaban J connectivity index is 1.51. The molecule has 5 rings (SSSR count). The average molecular weight is 579 g/mol. The number of amidine groups is 1. The number of aromatic nitrogens is 1. The lowest BCUT2D eigenvalue weighted by Gasteiger charge is -2.12. The third-order valence-corrected chi connectivity index (χ3v) is 8.34. The topological polar surface area (TPSA) is 63.9 Å². The fourth-order valence-corrected chi connectivity index (χ4v) is 5.93. The van der Waals surface area contributed by atoms with Crippen molar-refractivity contribution in [3.8, 4) is 0 Å². The van der Waals surface area contributed by atoms with E-state index in [2.05, 4.69) is 23.6 Å². The van der Waals surface area contributed by atoms with Crippen LogP contribution in [0, 0.1) is 6.92 Å². The monoisotopic (exact) mass is 577 g/mol. The molecule has 1 saturated heterocycles. The van der Waals surface area contributed by atoms with Gasteiger partial charge in [0.2, 0.25) is 0 Å². The highest BCUT2D eigenvalue weighted by Crippen LogP contribution is 2.37. The number of ether oxygens (including phenoxy) is 1. The highest BCUT2D eigenvalue weighted by atomic mass is 35.5. The van der Waals surface area contributed by atoms with Gasteiger partial charge in [0.05, 0.1) is 33.3 Å². The van der Waals surface area contributed by atoms with Crippen LogP contribution in [0.4, 0.5) is 5.69 Å². The Labute approximate surface area is 240 Å². The van der Waals surface area contributed by atoms with Gasteiger partial charge >= 0.3 is 5.97 Å². The van der Waals surface area contributed by atoms with Gasteiger partial charge in [-0.15, -0.1) is 0 Å². The van der Waals surface area contributed by atoms with Crippen molar-refractivity contribution in [2.24, 2.45) is 4.99 Å². The van der Waals surface area contributed by atoms with Gasteiger partial charge in [-0.1, -0.05) is 47.5 Å². The largest absolute Gasteiger partial charge is 0.465 e. The maximum Gasteiger partial charge on any atom is 0.337 e. The summed E-state index contributed by atoms with van der Waals surface area (Å²) in [6.07, 6.45) is 1.96. The maximum atomic E-state index is 13.4. The summed E-state index contributed by atoms with van der Waals surface area (Å²) in [6, 6.07) is 20.6. The van der Waals surface area contributed by atoms with E-state index in [9.17, 15) is 9.59 Å². The third-order valence-electron chi connectivity index (χ3n) is 6.60. The molecule has 4 aromatic rings. The molecule has 0 radical (unpaired) electrons. The van der Waals surface area contributed by atoms with E-state index in [4.69, 9.17) is 32.9 Å². The van der Waals surface area contributed by atoms with Crippen molar-refractivity contribution >= 4 is 74.7 Å². The zero-order valence-electron chi connectivity index (χ0n) is 21.6. The van der Waals surface area contributed by atoms with Gasteiger partial charge in [0.1, 0.15) is 0 Å². The van der Waals surface area contributed by atoms with Crippen LogP contribution < -0.4 is 0 Å². The number of methoxy groups -OCH3 is 1. The van der Waals surface area contributed by atoms with Gasteiger partial charge in [0.15, 0.2) is 5.17 Å². The highest BCUT2D eigenvalue weighted by molar-refractivity contribution is 8.18. The molecule has 0 atom stereocenters. The number of hydrogen-bond donors (Lipinski definition) is 0. The van der Waals surface area contributed by atoms with Gasteiger partial charge in [0, 0.05) is 35.2 Å². The van der Waals surface area contributed by atoms with E-state index < -0.39 is 5.97 Å². The SMILES string of the molecule is CCN1C(=O)/C(=C\c2c(C)n(Cc3ccc(Cl)c(Cl)c3)c3ccccc23)SC1=Nc1ccc(C(=O)OC)cc1. The quantitative estimate of drug-likeness (QED) is 0.174. The van der Waals surface area contributed by atoms with Crippen LogP contribution in [0.3, 0.4) is 0 Å². The number of benzene rings is 3. The smallest absolute Gasteiger partial charge is 0.337 e. The van der Waals surface area contributed by atoms with Gasteiger partial charge in [-0.2, -0.15) is 0 Å². The fraction of sp³-hybridized carbons (Fsp3) is 0.167. The number of aliphatic imine (C=N–C) groups is 1. The van der Waals surface area contributed by atoms with E-state index in [1.807, 2.05) is 37.3 Å². The normalized spacial score (nSPS) is 15.6. The molecule has 6 nitrogen and oxygen atoms in total. The van der Waals surface area contributed by atoms with Crippen molar-refractivity contribution in [2.75, 3.05) is 13.7 Å². The summed E-state index contributed by atoms with van der Waals surface area (Å²) >= 11 is 13.7. The average Bonchev–Trinajstić information content (AvgIpc) is 3.38. The Morgan fingerprint density at radius 2 is 1.79 bits per heavy atom. The molecule has 9 heteroatoms. The van der Waals surface area contributed by atoms with E-state index in [0.29, 0.717) is 44.5 Å². The minimum atomic E-state index is -0.409. The maximum absolute atomic E-state index is 13.4. The number of fused-ring (bicyclic) bond motifs is 1. The summed E-state index contributed by atoms with van der Waals surface area (Å²) in [5.41, 5.74) is 5.21. The summed E-state index contributed by atoms with van der Waals surface area (Å²) in [5.74, 6) is -0.498. The van der Waals surface area contributed by atoms with Crippen molar-refractivity contribution in [1.82, 2.24) is 9.47 Å². The number of carbonyl (C=O) groups is 2. The molecule has 0 aliphatic carbocycles. The van der Waals surface area contributed by atoms with Crippen molar-refractivity contribution < 1.29 is 14.3 Å². The number of likely N-dealkylation sites (N-methyl/N-ethyl adjacent to an activating group) is 1. The van der Waals surface area contributed by atoms with E-state index in [-0.39, 0.29) is 5.91 Å². The molecule has 39 heavy (non-hydrogen) atoms. The first-order valence-electron chi connectivity index (χ1n) is 12.3. The lowest BCUT2D eigenvalue weighted by atomic mass is 10.1. The van der Waals surface area contributed by atoms with E-state index >= 15 is 0 Å². The molecule has 1 amide bonds. The van der Waals surface area contributed by atoms with E-state index in [1.54, 1.807) is 35.2 Å². The molecule has 0 spiro atoms. The standard InChI is InChI=1S/C30H25Cl2N3O3S/c1-4-34-28(36)27(39-30(34)33-21-12-10-20(11-13-21)29(37)38-3)16-23-18(2)35(26-8-6-5-7-22(23)26)17-19-9-14-24(31)25(32)15-19/h5-16H,4,17H2,1-3H3/b27-16+,33-30?. The number of esters is 1. The van der Waals surface area contributed by atoms with Crippen molar-refractivity contribution in [3.63, 3.8) is 0 Å². The molecule has 1 aliphatic heterocycles. The number of halogens is 2. The minimum absolute atomic E-state index is 0.0897. The molecular weight excluding hydrogens is 553 g/mol. The van der Waals surface area contributed by atoms with Crippen LogP contribution in [0.5, 0.6) is 0 Å². The lowest BCUT2D eigenvalue weighted by molar-refractivity contribution is -0.122. The first kappa shape index (κ1) is 27.1. The molecular formula is C30H25Cl2N3O3S. The predicted octanol–water partition coefficient (Wildman–Crippen LogP) is 7.72. The molecule has 2 heterocycles. The molecule has 1 fully saturated rings. The lowest BCUT2D eigenvalue weighted by Crippen LogP contribution is -2.28. The molecule has 0 bridgehead atoms. The zero-order valence-corrected chi connectivity index (χ0v) is 23.9. The zero-order chi connectivity index (χ0) is 27.7. The summed E-state index contributed by atoms with van der Waals surface area (Å²) in [4.78, 5) is 32.1. The van der Waals surface area contributed by atoms with Crippen LogP contribution in [0.2, 0.25) is 10.0 Å². The van der Waals surface area contributed by atoms with Crippen molar-refractivity contribution in [3.05, 3.63) is 104 Å². The molecule has 0 unspecified atom stereocenters. The van der Waals surface area contributed by atoms with Gasteiger partial charge in [-0.25, -0.2) is 9.79 Å². The molecule has 198 valence electrons. The second kappa shape index (κ2) is 11.3.